The van der Waals surface area contributed by atoms with E-state index in [1.54, 1.807) is 31.2 Å². The van der Waals surface area contributed by atoms with Gasteiger partial charge in [0.2, 0.25) is 29.5 Å². The van der Waals surface area contributed by atoms with Crippen LogP contribution >= 0.6 is 11.6 Å². The molecule has 7 rings (SSSR count). The Kier molecular flexibility index (Phi) is 11.1. The second-order valence-electron chi connectivity index (χ2n) is 15.8. The van der Waals surface area contributed by atoms with Crippen molar-refractivity contribution in [2.45, 2.75) is 107 Å². The standard InChI is InChI=1S/C40H48ClN7O8/c1-22-7-5-8-24(17-22)18-29(45-39(56)43-26-12-10-25(41)11-13-26)34(51)44-30-20-28-33(50)40(28)14-6-16-48(40)36(53)23(2)42-35(52)31-9-3-4-15-46(31)38(55)32-19-27(49)21-47(32)37(30)54/h5,7-8,10-13,17,23,27-32,49H,3-4,6,9,14-16,18-21H2,1-2H3,(H,42,52)(H,44,51)(H2,43,45,56)/t23-,27+,28-,29-,30-,31-,32-,40-/m0/s1. The number of aliphatic hydroxyl groups is 1. The summed E-state index contributed by atoms with van der Waals surface area (Å²) in [6, 6.07) is 7.58. The minimum atomic E-state index is -1.37. The lowest BCUT2D eigenvalue weighted by molar-refractivity contribution is -0.151. The molecule has 4 saturated heterocycles. The van der Waals surface area contributed by atoms with Crippen LogP contribution in [0, 0.1) is 12.8 Å². The molecule has 0 unspecified atom stereocenters. The van der Waals surface area contributed by atoms with Crippen LogP contribution in [0.5, 0.6) is 0 Å². The number of nitrogens with zero attached hydrogens (tertiary/aromatic N) is 3. The van der Waals surface area contributed by atoms with Crippen molar-refractivity contribution in [3.05, 3.63) is 64.7 Å². The monoisotopic (exact) mass is 789 g/mol. The van der Waals surface area contributed by atoms with Crippen molar-refractivity contribution in [1.29, 1.82) is 0 Å². The third-order valence-electron chi connectivity index (χ3n) is 11.9. The topological polar surface area (TPSA) is 198 Å². The Hall–Kier alpha value is -5.02. The molecule has 16 heteroatoms. The van der Waals surface area contributed by atoms with Crippen molar-refractivity contribution in [3.63, 3.8) is 0 Å². The highest BCUT2D eigenvalue weighted by atomic mass is 35.5. The maximum atomic E-state index is 14.8. The lowest BCUT2D eigenvalue weighted by Gasteiger charge is -2.38. The van der Waals surface area contributed by atoms with Crippen LogP contribution < -0.4 is 21.3 Å². The van der Waals surface area contributed by atoms with Gasteiger partial charge in [-0.25, -0.2) is 4.79 Å². The number of amides is 7. The molecule has 0 bridgehead atoms. The number of carbonyl (C=O) groups excluding carboxylic acids is 7. The highest BCUT2D eigenvalue weighted by Gasteiger charge is 2.71. The average Bonchev–Trinajstić information content (AvgIpc) is 3.48. The molecule has 56 heavy (non-hydrogen) atoms. The number of halogens is 1. The van der Waals surface area contributed by atoms with Crippen LogP contribution in [0.15, 0.2) is 48.5 Å². The Bertz CT molecular complexity index is 1930. The minimum Gasteiger partial charge on any atom is -0.391 e. The molecule has 15 nitrogen and oxygen atoms in total. The summed E-state index contributed by atoms with van der Waals surface area (Å²) in [5, 5.41) is 22.4. The number of urea groups is 1. The molecule has 298 valence electrons. The summed E-state index contributed by atoms with van der Waals surface area (Å²) < 4.78 is 0. The van der Waals surface area contributed by atoms with Crippen molar-refractivity contribution in [3.8, 4) is 0 Å². The minimum absolute atomic E-state index is 0.0514. The zero-order valence-electron chi connectivity index (χ0n) is 31.5. The van der Waals surface area contributed by atoms with Gasteiger partial charge in [0, 0.05) is 43.2 Å². The molecule has 4 aliphatic heterocycles. The van der Waals surface area contributed by atoms with Crippen molar-refractivity contribution >= 4 is 58.6 Å². The fraction of sp³-hybridized carbons (Fsp3) is 0.525. The highest BCUT2D eigenvalue weighted by Crippen LogP contribution is 2.54. The summed E-state index contributed by atoms with van der Waals surface area (Å²) in [5.41, 5.74) is 0.900. The first-order valence-electron chi connectivity index (χ1n) is 19.4. The second kappa shape index (κ2) is 15.8. The molecule has 1 saturated carbocycles. The summed E-state index contributed by atoms with van der Waals surface area (Å²) in [4.78, 5) is 102. The summed E-state index contributed by atoms with van der Waals surface area (Å²) in [6.07, 6.45) is 1.31. The van der Waals surface area contributed by atoms with Gasteiger partial charge in [-0.2, -0.15) is 0 Å². The van der Waals surface area contributed by atoms with Gasteiger partial charge in [0.15, 0.2) is 5.78 Å². The molecule has 0 aromatic heterocycles. The van der Waals surface area contributed by atoms with E-state index in [4.69, 9.17) is 11.6 Å². The lowest BCUT2D eigenvalue weighted by atomic mass is 9.98. The van der Waals surface area contributed by atoms with Crippen LogP contribution in [0.2, 0.25) is 5.02 Å². The van der Waals surface area contributed by atoms with E-state index < -0.39 is 83.3 Å². The molecule has 1 aliphatic carbocycles. The van der Waals surface area contributed by atoms with E-state index >= 15 is 0 Å². The van der Waals surface area contributed by atoms with Gasteiger partial charge in [-0.3, -0.25) is 28.8 Å². The first kappa shape index (κ1) is 39.2. The van der Waals surface area contributed by atoms with E-state index in [1.165, 1.54) is 14.7 Å². The number of fused-ring (bicyclic) bond motifs is 2. The fourth-order valence-electron chi connectivity index (χ4n) is 9.10. The number of hydrogen-bond acceptors (Lipinski definition) is 8. The van der Waals surface area contributed by atoms with Crippen molar-refractivity contribution in [2.24, 2.45) is 5.92 Å². The first-order valence-corrected chi connectivity index (χ1v) is 19.8. The van der Waals surface area contributed by atoms with Gasteiger partial charge in [0.05, 0.1) is 12.0 Å². The smallest absolute Gasteiger partial charge is 0.319 e. The molecule has 4 heterocycles. The zero-order valence-corrected chi connectivity index (χ0v) is 32.2. The van der Waals surface area contributed by atoms with Crippen LogP contribution in [0.1, 0.15) is 63.0 Å². The summed E-state index contributed by atoms with van der Waals surface area (Å²) in [7, 11) is 0. The normalized spacial score (nSPS) is 29.9. The number of aliphatic hydroxyl groups excluding tert-OH is 1. The zero-order chi connectivity index (χ0) is 39.9. The summed E-state index contributed by atoms with van der Waals surface area (Å²) in [5.74, 6) is -3.88. The molecular weight excluding hydrogens is 742 g/mol. The first-order chi connectivity index (χ1) is 26.8. The Morgan fingerprint density at radius 2 is 1.71 bits per heavy atom. The Morgan fingerprint density at radius 3 is 2.46 bits per heavy atom. The van der Waals surface area contributed by atoms with Gasteiger partial charge >= 0.3 is 6.03 Å². The SMILES string of the molecule is Cc1cccc(C[C@H](NC(=O)Nc2ccc(Cl)cc2)C(=O)N[C@H]2C[C@H]3C(=O)[C@]34CCCN4C(=O)[C@H](C)NC(=O)[C@@H]3CCCCN3C(=O)[C@@H]3C[C@@H](O)CN3C2=O)c1. The molecule has 2 aromatic carbocycles. The predicted molar refractivity (Wildman–Crippen MR) is 204 cm³/mol. The molecule has 5 N–H and O–H groups in total. The molecule has 5 fully saturated rings. The van der Waals surface area contributed by atoms with Crippen LogP contribution in [0.3, 0.4) is 0 Å². The van der Waals surface area contributed by atoms with E-state index in [9.17, 15) is 38.7 Å². The number of benzene rings is 2. The van der Waals surface area contributed by atoms with Gasteiger partial charge in [0.1, 0.15) is 35.7 Å². The Labute approximate surface area is 329 Å². The highest BCUT2D eigenvalue weighted by molar-refractivity contribution is 6.30. The number of carbonyl (C=O) groups is 7. The molecule has 1 spiro atoms. The molecular formula is C40H48ClN7O8. The molecule has 2 aromatic rings. The average molecular weight is 790 g/mol. The van der Waals surface area contributed by atoms with Gasteiger partial charge in [-0.1, -0.05) is 41.4 Å². The maximum absolute atomic E-state index is 14.8. The third kappa shape index (κ3) is 7.70. The maximum Gasteiger partial charge on any atom is 0.319 e. The molecule has 8 atom stereocenters. The van der Waals surface area contributed by atoms with E-state index in [1.807, 2.05) is 31.2 Å². The number of hydrogen-bond donors (Lipinski definition) is 5. The van der Waals surface area contributed by atoms with Crippen LogP contribution in [0.4, 0.5) is 10.5 Å². The van der Waals surface area contributed by atoms with Crippen molar-refractivity contribution in [1.82, 2.24) is 30.7 Å². The van der Waals surface area contributed by atoms with E-state index in [0.29, 0.717) is 42.8 Å². The van der Waals surface area contributed by atoms with Crippen LogP contribution in [-0.4, -0.2) is 123 Å². The quantitative estimate of drug-likeness (QED) is 0.291. The van der Waals surface area contributed by atoms with Crippen LogP contribution in [0.25, 0.3) is 0 Å². The Morgan fingerprint density at radius 1 is 0.946 bits per heavy atom. The number of rotatable bonds is 6. The van der Waals surface area contributed by atoms with Crippen molar-refractivity contribution < 1.29 is 38.7 Å². The summed E-state index contributed by atoms with van der Waals surface area (Å²) >= 11 is 6.01. The number of nitrogens with one attached hydrogen (secondary N) is 4. The third-order valence-corrected chi connectivity index (χ3v) is 12.2. The fourth-order valence-corrected chi connectivity index (χ4v) is 9.22. The second-order valence-corrected chi connectivity index (χ2v) is 16.2. The van der Waals surface area contributed by atoms with Crippen LogP contribution in [-0.2, 0) is 35.2 Å². The lowest BCUT2D eigenvalue weighted by Crippen LogP contribution is -2.60. The molecule has 7 amide bonds. The van der Waals surface area contributed by atoms with E-state index in [0.717, 1.165) is 11.1 Å². The van der Waals surface area contributed by atoms with Crippen molar-refractivity contribution in [2.75, 3.05) is 25.0 Å². The number of aryl methyl sites for hydroxylation is 1. The van der Waals surface area contributed by atoms with E-state index in [-0.39, 0.29) is 44.7 Å². The number of piperidine rings is 1. The van der Waals surface area contributed by atoms with Gasteiger partial charge < -0.3 is 41.1 Å². The molecule has 0 radical (unpaired) electrons. The Balaban J connectivity index is 1.22. The van der Waals surface area contributed by atoms with Gasteiger partial charge in [-0.05, 0) is 82.2 Å². The van der Waals surface area contributed by atoms with Gasteiger partial charge in [0.25, 0.3) is 0 Å². The summed E-state index contributed by atoms with van der Waals surface area (Å²) in [6.45, 7) is 3.80. The number of anilines is 1. The molecule has 5 aliphatic rings. The number of Topliss-reactive ketones (excluding diaryl/α,β-unsaturated/α-hetero) is 1. The van der Waals surface area contributed by atoms with E-state index in [2.05, 4.69) is 21.3 Å². The largest absolute Gasteiger partial charge is 0.391 e. The predicted octanol–water partition coefficient (Wildman–Crippen LogP) is 1.68. The number of ketones is 1. The van der Waals surface area contributed by atoms with Gasteiger partial charge in [-0.15, -0.1) is 0 Å².